The van der Waals surface area contributed by atoms with Crippen LogP contribution in [0.3, 0.4) is 0 Å². The summed E-state index contributed by atoms with van der Waals surface area (Å²) >= 11 is 1.31. The van der Waals surface area contributed by atoms with Gasteiger partial charge in [-0.2, -0.15) is 13.2 Å². The van der Waals surface area contributed by atoms with E-state index in [-0.39, 0.29) is 5.82 Å². The van der Waals surface area contributed by atoms with Gasteiger partial charge < -0.3 is 4.90 Å². The monoisotopic (exact) mass is 384 g/mol. The van der Waals surface area contributed by atoms with E-state index < -0.39 is 30.3 Å². The van der Waals surface area contributed by atoms with Crippen LogP contribution in [-0.4, -0.2) is 45.3 Å². The third kappa shape index (κ3) is 3.90. The number of nitrogens with zero attached hydrogens (tertiary/aromatic N) is 4. The number of aromatic nitrogens is 3. The zero-order chi connectivity index (χ0) is 18.9. The Morgan fingerprint density at radius 2 is 2.04 bits per heavy atom. The first-order valence-electron chi connectivity index (χ1n) is 7.34. The number of carbonyl (C=O) groups excluding carboxylic acids is 1. The summed E-state index contributed by atoms with van der Waals surface area (Å²) in [6.45, 7) is -1.42. The van der Waals surface area contributed by atoms with Crippen molar-refractivity contribution in [3.63, 3.8) is 0 Å². The van der Waals surface area contributed by atoms with E-state index in [1.54, 1.807) is 23.6 Å². The number of carbonyl (C=O) groups is 1. The van der Waals surface area contributed by atoms with Crippen LogP contribution in [0.25, 0.3) is 16.4 Å². The van der Waals surface area contributed by atoms with E-state index in [2.05, 4.69) is 10.1 Å². The summed E-state index contributed by atoms with van der Waals surface area (Å²) in [6, 6.07) is 8.93. The zero-order valence-corrected chi connectivity index (χ0v) is 14.2. The maximum atomic E-state index is 13.5. The van der Waals surface area contributed by atoms with Gasteiger partial charge in [0.15, 0.2) is 5.82 Å². The second kappa shape index (κ2) is 6.87. The van der Waals surface area contributed by atoms with Gasteiger partial charge in [0.25, 0.3) is 5.91 Å². The highest BCUT2D eigenvalue weighted by Gasteiger charge is 2.33. The van der Waals surface area contributed by atoms with Crippen LogP contribution in [0.4, 0.5) is 17.6 Å². The highest BCUT2D eigenvalue weighted by molar-refractivity contribution is 7.13. The van der Waals surface area contributed by atoms with E-state index in [1.807, 2.05) is 0 Å². The van der Waals surface area contributed by atoms with Crippen LogP contribution >= 0.6 is 11.3 Å². The molecule has 2 aromatic heterocycles. The summed E-state index contributed by atoms with van der Waals surface area (Å²) in [4.78, 5) is 17.5. The van der Waals surface area contributed by atoms with Gasteiger partial charge in [0.2, 0.25) is 5.82 Å². The fraction of sp³-hybridized carbons (Fsp3) is 0.188. The first-order chi connectivity index (χ1) is 12.2. The molecule has 0 aliphatic carbocycles. The minimum absolute atomic E-state index is 0.245. The first kappa shape index (κ1) is 18.1. The lowest BCUT2D eigenvalue weighted by Crippen LogP contribution is -2.36. The van der Waals surface area contributed by atoms with Gasteiger partial charge in [0.05, 0.1) is 10.6 Å². The first-order valence-corrected chi connectivity index (χ1v) is 8.21. The van der Waals surface area contributed by atoms with Crippen LogP contribution in [-0.2, 0) is 0 Å². The van der Waals surface area contributed by atoms with Gasteiger partial charge >= 0.3 is 6.18 Å². The maximum Gasteiger partial charge on any atom is 0.406 e. The van der Waals surface area contributed by atoms with Gasteiger partial charge in [-0.15, -0.1) is 16.4 Å². The van der Waals surface area contributed by atoms with Crippen LogP contribution < -0.4 is 0 Å². The van der Waals surface area contributed by atoms with Gasteiger partial charge in [0, 0.05) is 7.05 Å². The predicted octanol–water partition coefficient (Wildman–Crippen LogP) is 3.77. The van der Waals surface area contributed by atoms with E-state index >= 15 is 0 Å². The Bertz CT molecular complexity index is 921. The lowest BCUT2D eigenvalue weighted by atomic mass is 10.3. The summed E-state index contributed by atoms with van der Waals surface area (Å²) in [6.07, 6.45) is -4.54. The largest absolute Gasteiger partial charge is 0.406 e. The molecule has 0 bridgehead atoms. The van der Waals surface area contributed by atoms with Gasteiger partial charge in [-0.3, -0.25) is 4.79 Å². The minimum Gasteiger partial charge on any atom is -0.330 e. The van der Waals surface area contributed by atoms with Crippen molar-refractivity contribution in [3.05, 3.63) is 53.4 Å². The Kier molecular flexibility index (Phi) is 4.77. The topological polar surface area (TPSA) is 51.0 Å². The fourth-order valence-electron chi connectivity index (χ4n) is 2.27. The van der Waals surface area contributed by atoms with Crippen LogP contribution in [0, 0.1) is 5.82 Å². The third-order valence-electron chi connectivity index (χ3n) is 3.36. The van der Waals surface area contributed by atoms with Crippen molar-refractivity contribution in [1.29, 1.82) is 0 Å². The van der Waals surface area contributed by atoms with Crippen LogP contribution in [0.5, 0.6) is 0 Å². The SMILES string of the molecule is CN(CC(F)(F)F)C(=O)c1nc(-c2cccs2)n(-c2cccc(F)c2)n1. The van der Waals surface area contributed by atoms with Crippen LogP contribution in [0.1, 0.15) is 10.6 Å². The summed E-state index contributed by atoms with van der Waals surface area (Å²) in [7, 11) is 1.02. The maximum absolute atomic E-state index is 13.5. The molecular formula is C16H12F4N4OS. The number of benzene rings is 1. The van der Waals surface area contributed by atoms with Crippen LogP contribution in [0.2, 0.25) is 0 Å². The lowest BCUT2D eigenvalue weighted by Gasteiger charge is -2.16. The standard InChI is InChI=1S/C16H12F4N4OS/c1-23(9-16(18,19)20)15(25)13-21-14(12-6-3-7-26-12)24(22-13)11-5-2-4-10(17)8-11/h2-8H,9H2,1H3. The molecular weight excluding hydrogens is 372 g/mol. The quantitative estimate of drug-likeness (QED) is 0.644. The molecule has 0 atom stereocenters. The molecule has 1 amide bonds. The molecule has 0 saturated heterocycles. The predicted molar refractivity (Wildman–Crippen MR) is 87.6 cm³/mol. The van der Waals surface area contributed by atoms with Crippen molar-refractivity contribution in [3.8, 4) is 16.4 Å². The number of halogens is 4. The minimum atomic E-state index is -4.54. The van der Waals surface area contributed by atoms with E-state index in [4.69, 9.17) is 0 Å². The molecule has 0 fully saturated rings. The van der Waals surface area contributed by atoms with Gasteiger partial charge in [0.1, 0.15) is 12.4 Å². The Morgan fingerprint density at radius 3 is 2.65 bits per heavy atom. The smallest absolute Gasteiger partial charge is 0.330 e. The molecule has 0 saturated carbocycles. The third-order valence-corrected chi connectivity index (χ3v) is 4.22. The molecule has 0 radical (unpaired) electrons. The van der Waals surface area contributed by atoms with Gasteiger partial charge in [-0.05, 0) is 29.6 Å². The number of alkyl halides is 3. The number of hydrogen-bond acceptors (Lipinski definition) is 4. The van der Waals surface area contributed by atoms with Gasteiger partial charge in [-0.1, -0.05) is 12.1 Å². The summed E-state index contributed by atoms with van der Waals surface area (Å²) in [5.41, 5.74) is 0.304. The van der Waals surface area contributed by atoms with Crippen molar-refractivity contribution >= 4 is 17.2 Å². The molecule has 3 aromatic rings. The van der Waals surface area contributed by atoms with Crippen molar-refractivity contribution in [2.75, 3.05) is 13.6 Å². The Hall–Kier alpha value is -2.75. The summed E-state index contributed by atoms with van der Waals surface area (Å²) in [5, 5.41) is 5.79. The van der Waals surface area contributed by atoms with E-state index in [1.165, 1.54) is 34.2 Å². The number of thiophene rings is 1. The Labute approximate surface area is 149 Å². The second-order valence-electron chi connectivity index (χ2n) is 5.40. The molecule has 0 unspecified atom stereocenters. The molecule has 1 aromatic carbocycles. The molecule has 26 heavy (non-hydrogen) atoms. The molecule has 0 aliphatic heterocycles. The van der Waals surface area contributed by atoms with E-state index in [9.17, 15) is 22.4 Å². The van der Waals surface area contributed by atoms with E-state index in [0.29, 0.717) is 15.5 Å². The molecule has 3 rings (SSSR count). The van der Waals surface area contributed by atoms with Gasteiger partial charge in [-0.25, -0.2) is 14.1 Å². The second-order valence-corrected chi connectivity index (χ2v) is 6.35. The summed E-state index contributed by atoms with van der Waals surface area (Å²) in [5.74, 6) is -1.65. The lowest BCUT2D eigenvalue weighted by molar-refractivity contribution is -0.138. The zero-order valence-electron chi connectivity index (χ0n) is 13.4. The van der Waals surface area contributed by atoms with Crippen molar-refractivity contribution < 1.29 is 22.4 Å². The molecule has 2 heterocycles. The normalized spacial score (nSPS) is 11.6. The van der Waals surface area contributed by atoms with Crippen molar-refractivity contribution in [2.24, 2.45) is 0 Å². The average molecular weight is 384 g/mol. The number of amides is 1. The molecule has 0 N–H and O–H groups in total. The highest BCUT2D eigenvalue weighted by atomic mass is 32.1. The highest BCUT2D eigenvalue weighted by Crippen LogP contribution is 2.26. The molecule has 0 spiro atoms. The Morgan fingerprint density at radius 1 is 1.27 bits per heavy atom. The molecule has 5 nitrogen and oxygen atoms in total. The Balaban J connectivity index is 2.03. The van der Waals surface area contributed by atoms with Crippen LogP contribution in [0.15, 0.2) is 41.8 Å². The summed E-state index contributed by atoms with van der Waals surface area (Å²) < 4.78 is 52.3. The number of rotatable bonds is 4. The molecule has 136 valence electrons. The van der Waals surface area contributed by atoms with Crippen molar-refractivity contribution in [1.82, 2.24) is 19.7 Å². The van der Waals surface area contributed by atoms with Crippen molar-refractivity contribution in [2.45, 2.75) is 6.18 Å². The van der Waals surface area contributed by atoms with E-state index in [0.717, 1.165) is 7.05 Å². The number of hydrogen-bond donors (Lipinski definition) is 0. The average Bonchev–Trinajstić information content (AvgIpc) is 3.21. The molecule has 0 aliphatic rings. The molecule has 10 heteroatoms. The fourth-order valence-corrected chi connectivity index (χ4v) is 2.97.